The van der Waals surface area contributed by atoms with Crippen molar-refractivity contribution in [1.29, 1.82) is 0 Å². The first-order valence-corrected chi connectivity index (χ1v) is 4.89. The van der Waals surface area contributed by atoms with Gasteiger partial charge in [-0.1, -0.05) is 11.6 Å². The highest BCUT2D eigenvalue weighted by Crippen LogP contribution is 2.13. The van der Waals surface area contributed by atoms with E-state index in [1.54, 1.807) is 36.3 Å². The zero-order chi connectivity index (χ0) is 10.8. The van der Waals surface area contributed by atoms with E-state index in [9.17, 15) is 5.11 Å². The molecule has 0 spiro atoms. The molecular weight excluding hydrogens is 214 g/mol. The lowest BCUT2D eigenvalue weighted by Gasteiger charge is -2.04. The van der Waals surface area contributed by atoms with Gasteiger partial charge in [0.05, 0.1) is 34.9 Å². The zero-order valence-electron chi connectivity index (χ0n) is 8.13. The van der Waals surface area contributed by atoms with Crippen LogP contribution in [0.2, 0.25) is 5.02 Å². The van der Waals surface area contributed by atoms with Crippen LogP contribution in [0.15, 0.2) is 30.7 Å². The molecule has 0 saturated heterocycles. The van der Waals surface area contributed by atoms with Crippen LogP contribution in [-0.2, 0) is 0 Å². The number of nitrogens with zero attached hydrogens (tertiary/aromatic N) is 3. The minimum Gasteiger partial charge on any atom is -0.387 e. The molecule has 2 rings (SSSR count). The van der Waals surface area contributed by atoms with E-state index in [1.807, 2.05) is 6.07 Å². The molecule has 78 valence electrons. The highest BCUT2D eigenvalue weighted by Gasteiger charge is 2.03. The molecule has 0 amide bonds. The molecule has 2 heterocycles. The van der Waals surface area contributed by atoms with Crippen molar-refractivity contribution < 1.29 is 5.11 Å². The summed E-state index contributed by atoms with van der Waals surface area (Å²) in [5, 5.41) is 13.9. The minimum absolute atomic E-state index is 0.555. The van der Waals surface area contributed by atoms with Gasteiger partial charge in [-0.3, -0.25) is 4.98 Å². The summed E-state index contributed by atoms with van der Waals surface area (Å²) in [7, 11) is 0. The first-order chi connectivity index (χ1) is 7.16. The van der Waals surface area contributed by atoms with Gasteiger partial charge in [0.15, 0.2) is 0 Å². The Bertz CT molecular complexity index is 450. The zero-order valence-corrected chi connectivity index (χ0v) is 8.89. The maximum absolute atomic E-state index is 9.28. The van der Waals surface area contributed by atoms with Crippen molar-refractivity contribution in [2.45, 2.75) is 13.0 Å². The van der Waals surface area contributed by atoms with Gasteiger partial charge in [0.2, 0.25) is 0 Å². The summed E-state index contributed by atoms with van der Waals surface area (Å²) in [6.07, 6.45) is 4.34. The van der Waals surface area contributed by atoms with Crippen LogP contribution in [0, 0.1) is 0 Å². The van der Waals surface area contributed by atoms with Gasteiger partial charge in [0, 0.05) is 6.20 Å². The molecule has 0 aliphatic rings. The molecule has 0 aliphatic carbocycles. The molecule has 0 saturated carbocycles. The van der Waals surface area contributed by atoms with E-state index in [0.717, 1.165) is 5.69 Å². The Balaban J connectivity index is 2.31. The molecule has 15 heavy (non-hydrogen) atoms. The van der Waals surface area contributed by atoms with Crippen LogP contribution in [0.25, 0.3) is 5.69 Å². The fourth-order valence-electron chi connectivity index (χ4n) is 1.22. The van der Waals surface area contributed by atoms with Gasteiger partial charge >= 0.3 is 0 Å². The van der Waals surface area contributed by atoms with Gasteiger partial charge in [0.1, 0.15) is 0 Å². The monoisotopic (exact) mass is 223 g/mol. The topological polar surface area (TPSA) is 50.9 Å². The van der Waals surface area contributed by atoms with Crippen LogP contribution in [0.3, 0.4) is 0 Å². The van der Waals surface area contributed by atoms with Crippen molar-refractivity contribution in [2.24, 2.45) is 0 Å². The molecule has 0 unspecified atom stereocenters. The van der Waals surface area contributed by atoms with E-state index >= 15 is 0 Å². The average Bonchev–Trinajstić information content (AvgIpc) is 2.65. The molecular formula is C10H10ClN3O. The van der Waals surface area contributed by atoms with E-state index in [-0.39, 0.29) is 0 Å². The van der Waals surface area contributed by atoms with E-state index in [0.29, 0.717) is 10.7 Å². The van der Waals surface area contributed by atoms with Crippen LogP contribution in [0.1, 0.15) is 18.7 Å². The van der Waals surface area contributed by atoms with Gasteiger partial charge < -0.3 is 5.11 Å². The Labute approximate surface area is 92.1 Å². The van der Waals surface area contributed by atoms with Crippen molar-refractivity contribution in [2.75, 3.05) is 0 Å². The van der Waals surface area contributed by atoms with Gasteiger partial charge in [-0.15, -0.1) is 0 Å². The van der Waals surface area contributed by atoms with Gasteiger partial charge in [-0.05, 0) is 19.1 Å². The quantitative estimate of drug-likeness (QED) is 0.847. The highest BCUT2D eigenvalue weighted by molar-refractivity contribution is 6.30. The lowest BCUT2D eigenvalue weighted by Crippen LogP contribution is -1.99. The van der Waals surface area contributed by atoms with Gasteiger partial charge in [0.25, 0.3) is 0 Å². The van der Waals surface area contributed by atoms with Crippen molar-refractivity contribution in [3.63, 3.8) is 0 Å². The van der Waals surface area contributed by atoms with Crippen LogP contribution in [0.5, 0.6) is 0 Å². The smallest absolute Gasteiger partial charge is 0.0931 e. The lowest BCUT2D eigenvalue weighted by atomic mass is 10.2. The first kappa shape index (κ1) is 10.1. The summed E-state index contributed by atoms with van der Waals surface area (Å²) in [4.78, 5) is 4.11. The number of hydrogen-bond acceptors (Lipinski definition) is 3. The fourth-order valence-corrected chi connectivity index (χ4v) is 1.36. The number of halogens is 1. The van der Waals surface area contributed by atoms with Crippen molar-refractivity contribution in [1.82, 2.24) is 14.8 Å². The molecule has 0 radical (unpaired) electrons. The Morgan fingerprint density at radius 2 is 2.20 bits per heavy atom. The molecule has 1 atom stereocenters. The minimum atomic E-state index is -0.555. The normalized spacial score (nSPS) is 12.7. The third-order valence-corrected chi connectivity index (χ3v) is 2.21. The lowest BCUT2D eigenvalue weighted by molar-refractivity contribution is 0.194. The van der Waals surface area contributed by atoms with Crippen molar-refractivity contribution >= 4 is 11.6 Å². The number of aliphatic hydroxyl groups excluding tert-OH is 1. The average molecular weight is 224 g/mol. The Morgan fingerprint density at radius 1 is 1.40 bits per heavy atom. The molecule has 2 aromatic heterocycles. The number of aliphatic hydroxyl groups is 1. The Kier molecular flexibility index (Phi) is 2.70. The fraction of sp³-hybridized carbons (Fsp3) is 0.200. The molecule has 1 N–H and O–H groups in total. The summed E-state index contributed by atoms with van der Waals surface area (Å²) in [6, 6.07) is 3.59. The molecule has 5 heteroatoms. The number of hydrogen-bond donors (Lipinski definition) is 1. The second kappa shape index (κ2) is 4.00. The van der Waals surface area contributed by atoms with Crippen LogP contribution >= 0.6 is 11.6 Å². The predicted molar refractivity (Wildman–Crippen MR) is 57.0 cm³/mol. The van der Waals surface area contributed by atoms with Gasteiger partial charge in [-0.2, -0.15) is 5.10 Å². The van der Waals surface area contributed by atoms with E-state index in [4.69, 9.17) is 11.6 Å². The van der Waals surface area contributed by atoms with Crippen molar-refractivity contribution in [3.8, 4) is 5.69 Å². The molecule has 2 aromatic rings. The SMILES string of the molecule is C[C@H](O)c1ccc(-n2cc(Cl)cn2)cn1. The van der Waals surface area contributed by atoms with E-state index in [1.165, 1.54) is 0 Å². The molecule has 4 nitrogen and oxygen atoms in total. The van der Waals surface area contributed by atoms with Crippen molar-refractivity contribution in [3.05, 3.63) is 41.4 Å². The summed E-state index contributed by atoms with van der Waals surface area (Å²) in [5.41, 5.74) is 1.45. The summed E-state index contributed by atoms with van der Waals surface area (Å²) >= 11 is 5.75. The molecule has 0 fully saturated rings. The molecule has 0 aliphatic heterocycles. The Hall–Kier alpha value is -1.39. The maximum atomic E-state index is 9.28. The summed E-state index contributed by atoms with van der Waals surface area (Å²) in [5.74, 6) is 0. The van der Waals surface area contributed by atoms with E-state index in [2.05, 4.69) is 10.1 Å². The van der Waals surface area contributed by atoms with E-state index < -0.39 is 6.10 Å². The summed E-state index contributed by atoms with van der Waals surface area (Å²) < 4.78 is 1.63. The Morgan fingerprint density at radius 3 is 2.67 bits per heavy atom. The van der Waals surface area contributed by atoms with Crippen LogP contribution in [-0.4, -0.2) is 19.9 Å². The maximum Gasteiger partial charge on any atom is 0.0931 e. The molecule has 0 bridgehead atoms. The van der Waals surface area contributed by atoms with Gasteiger partial charge in [-0.25, -0.2) is 4.68 Å². The highest BCUT2D eigenvalue weighted by atomic mass is 35.5. The third kappa shape index (κ3) is 2.16. The number of rotatable bonds is 2. The molecule has 0 aromatic carbocycles. The van der Waals surface area contributed by atoms with Crippen LogP contribution in [0.4, 0.5) is 0 Å². The number of pyridine rings is 1. The summed E-state index contributed by atoms with van der Waals surface area (Å²) in [6.45, 7) is 1.67. The number of aromatic nitrogens is 3. The third-order valence-electron chi connectivity index (χ3n) is 2.01. The first-order valence-electron chi connectivity index (χ1n) is 4.51. The second-order valence-electron chi connectivity index (χ2n) is 3.22. The predicted octanol–water partition coefficient (Wildman–Crippen LogP) is 1.97. The second-order valence-corrected chi connectivity index (χ2v) is 3.66. The van der Waals surface area contributed by atoms with Crippen LogP contribution < -0.4 is 0 Å². The standard InChI is InChI=1S/C10H10ClN3O/c1-7(15)10-3-2-9(5-12-10)14-6-8(11)4-13-14/h2-7,15H,1H3/t7-/m0/s1. The largest absolute Gasteiger partial charge is 0.387 e.